The highest BCUT2D eigenvalue weighted by molar-refractivity contribution is 7.26. The van der Waals surface area contributed by atoms with E-state index in [1.807, 2.05) is 11.3 Å². The summed E-state index contributed by atoms with van der Waals surface area (Å²) < 4.78 is 9.93. The second-order valence-corrected chi connectivity index (χ2v) is 15.2. The maximum absolute atomic E-state index is 2.49. The van der Waals surface area contributed by atoms with Gasteiger partial charge in [-0.2, -0.15) is 0 Å². The Morgan fingerprint density at radius 1 is 0.315 bits per heavy atom. The van der Waals surface area contributed by atoms with Gasteiger partial charge in [0, 0.05) is 59.4 Å². The van der Waals surface area contributed by atoms with E-state index < -0.39 is 0 Å². The molecule has 0 saturated carbocycles. The zero-order valence-electron chi connectivity index (χ0n) is 29.1. The molecule has 4 heteroatoms. The summed E-state index contributed by atoms with van der Waals surface area (Å²) in [7, 11) is 0. The number of hydrogen-bond acceptors (Lipinski definition) is 1. The number of aromatic nitrogens is 3. The molecule has 0 spiro atoms. The van der Waals surface area contributed by atoms with E-state index in [9.17, 15) is 0 Å². The van der Waals surface area contributed by atoms with E-state index in [0.29, 0.717) is 0 Å². The number of thiophene rings is 1. The predicted octanol–water partition coefficient (Wildman–Crippen LogP) is 13.9. The Kier molecular flexibility index (Phi) is 6.21. The summed E-state index contributed by atoms with van der Waals surface area (Å²) in [6.07, 6.45) is 0. The molecule has 12 rings (SSSR count). The first kappa shape index (κ1) is 29.7. The first-order valence-electron chi connectivity index (χ1n) is 18.4. The molecule has 0 saturated heterocycles. The molecule has 3 aromatic heterocycles. The van der Waals surface area contributed by atoms with Crippen LogP contribution in [-0.4, -0.2) is 13.7 Å². The van der Waals surface area contributed by atoms with E-state index in [-0.39, 0.29) is 0 Å². The zero-order chi connectivity index (χ0) is 35.3. The quantitative estimate of drug-likeness (QED) is 0.174. The molecule has 9 aromatic carbocycles. The lowest BCUT2D eigenvalue weighted by molar-refractivity contribution is 1.15. The van der Waals surface area contributed by atoms with Gasteiger partial charge >= 0.3 is 0 Å². The van der Waals surface area contributed by atoms with Crippen LogP contribution in [0.25, 0.3) is 103 Å². The zero-order valence-corrected chi connectivity index (χ0v) is 30.0. The SMILES string of the molecule is c1ccc(-n2c3ccccc3c3cc(-n4c5ccc6cccc(c6c5)n(-c5cccc6c5sc5ccccc56)c5ccc6cccc4c6c5)ccc32)cc1. The summed E-state index contributed by atoms with van der Waals surface area (Å²) in [5.74, 6) is 0. The molecule has 54 heavy (non-hydrogen) atoms. The lowest BCUT2D eigenvalue weighted by Gasteiger charge is -2.19. The van der Waals surface area contributed by atoms with Crippen LogP contribution >= 0.6 is 11.3 Å². The summed E-state index contributed by atoms with van der Waals surface area (Å²) in [5.41, 5.74) is 10.5. The third kappa shape index (κ3) is 4.23. The highest BCUT2D eigenvalue weighted by Gasteiger charge is 2.17. The second-order valence-electron chi connectivity index (χ2n) is 14.2. The van der Waals surface area contributed by atoms with Crippen molar-refractivity contribution in [3.63, 3.8) is 0 Å². The van der Waals surface area contributed by atoms with Crippen LogP contribution in [0.3, 0.4) is 0 Å². The maximum atomic E-state index is 2.49. The number of hydrogen-bond donors (Lipinski definition) is 0. The van der Waals surface area contributed by atoms with E-state index in [1.54, 1.807) is 0 Å². The van der Waals surface area contributed by atoms with E-state index in [2.05, 4.69) is 202 Å². The number of rotatable bonds is 3. The summed E-state index contributed by atoms with van der Waals surface area (Å²) >= 11 is 1.88. The van der Waals surface area contributed by atoms with E-state index in [0.717, 1.165) is 27.9 Å². The number of benzene rings is 9. The molecule has 0 unspecified atom stereocenters. The molecular weight excluding hydrogens is 675 g/mol. The Labute approximate surface area is 314 Å². The van der Waals surface area contributed by atoms with Crippen LogP contribution in [-0.2, 0) is 0 Å². The molecule has 0 aliphatic heterocycles. The van der Waals surface area contributed by atoms with Gasteiger partial charge in [0.05, 0.1) is 32.5 Å². The molecule has 252 valence electrons. The molecule has 3 nitrogen and oxygen atoms in total. The average Bonchev–Trinajstić information content (AvgIpc) is 3.78. The van der Waals surface area contributed by atoms with Crippen LogP contribution in [0.15, 0.2) is 188 Å². The smallest absolute Gasteiger partial charge is 0.0640 e. The molecule has 3 heterocycles. The van der Waals surface area contributed by atoms with Crippen LogP contribution in [0.4, 0.5) is 0 Å². The van der Waals surface area contributed by atoms with Crippen molar-refractivity contribution in [3.05, 3.63) is 188 Å². The molecule has 0 aliphatic rings. The van der Waals surface area contributed by atoms with E-state index in [1.165, 1.54) is 74.7 Å². The molecule has 0 fully saturated rings. The van der Waals surface area contributed by atoms with Crippen LogP contribution in [0, 0.1) is 0 Å². The van der Waals surface area contributed by atoms with Gasteiger partial charge in [0.1, 0.15) is 0 Å². The third-order valence-corrected chi connectivity index (χ3v) is 12.4. The van der Waals surface area contributed by atoms with E-state index >= 15 is 0 Å². The fourth-order valence-corrected chi connectivity index (χ4v) is 10.1. The summed E-state index contributed by atoms with van der Waals surface area (Å²) in [4.78, 5) is 0. The first-order valence-corrected chi connectivity index (χ1v) is 19.2. The van der Waals surface area contributed by atoms with Crippen molar-refractivity contribution in [2.75, 3.05) is 0 Å². The number of fused-ring (bicyclic) bond motifs is 8. The van der Waals surface area contributed by atoms with Crippen LogP contribution in [0.2, 0.25) is 0 Å². The Morgan fingerprint density at radius 3 is 1.70 bits per heavy atom. The van der Waals surface area contributed by atoms with Gasteiger partial charge in [-0.25, -0.2) is 0 Å². The van der Waals surface area contributed by atoms with Gasteiger partial charge in [-0.1, -0.05) is 103 Å². The van der Waals surface area contributed by atoms with Crippen molar-refractivity contribution in [1.82, 2.24) is 13.7 Å². The molecule has 12 aromatic rings. The van der Waals surface area contributed by atoms with E-state index in [4.69, 9.17) is 0 Å². The molecule has 0 N–H and O–H groups in total. The minimum Gasteiger partial charge on any atom is -0.310 e. The van der Waals surface area contributed by atoms with Crippen LogP contribution < -0.4 is 0 Å². The Hall–Kier alpha value is -6.88. The van der Waals surface area contributed by atoms with Crippen LogP contribution in [0.1, 0.15) is 0 Å². The third-order valence-electron chi connectivity index (χ3n) is 11.2. The van der Waals surface area contributed by atoms with Crippen molar-refractivity contribution in [2.45, 2.75) is 0 Å². The Morgan fingerprint density at radius 2 is 0.907 bits per heavy atom. The van der Waals surface area contributed by atoms with Gasteiger partial charge in [-0.3, -0.25) is 0 Å². The van der Waals surface area contributed by atoms with Crippen molar-refractivity contribution >= 4 is 96.9 Å². The topological polar surface area (TPSA) is 14.8 Å². The predicted molar refractivity (Wildman–Crippen MR) is 231 cm³/mol. The number of nitrogens with zero attached hydrogens (tertiary/aromatic N) is 3. The second kappa shape index (κ2) is 11.3. The average molecular weight is 706 g/mol. The molecule has 0 amide bonds. The van der Waals surface area contributed by atoms with Gasteiger partial charge in [-0.15, -0.1) is 11.3 Å². The lowest BCUT2D eigenvalue weighted by atomic mass is 10.0. The summed E-state index contributed by atoms with van der Waals surface area (Å²) in [5, 5.41) is 9.90. The van der Waals surface area contributed by atoms with Crippen LogP contribution in [0.5, 0.6) is 0 Å². The highest BCUT2D eigenvalue weighted by Crippen LogP contribution is 2.40. The Bertz CT molecular complexity index is 3500. The van der Waals surface area contributed by atoms with Crippen molar-refractivity contribution in [1.29, 1.82) is 0 Å². The molecule has 0 radical (unpaired) electrons. The standard InChI is InChI=1S/C50H31N3S/c1-2-13-34(14-3-1)52-44-18-6-4-15-38(44)43-31-36(27-28-47(43)52)51-35-25-23-33-12-9-20-46(42(33)29-35)53(37-26-24-32-11-8-19-45(51)41(32)30-37)48-21-10-17-40-39-16-5-7-22-49(39)54-50(40)48/h1-31H. The monoisotopic (exact) mass is 705 g/mol. The minimum atomic E-state index is 1.13. The molecule has 4 bridgehead atoms. The van der Waals surface area contributed by atoms with Gasteiger partial charge in [0.2, 0.25) is 0 Å². The highest BCUT2D eigenvalue weighted by atomic mass is 32.1. The summed E-state index contributed by atoms with van der Waals surface area (Å²) in [6, 6.07) is 69.3. The van der Waals surface area contributed by atoms with Gasteiger partial charge < -0.3 is 13.7 Å². The molecule has 0 aliphatic carbocycles. The fourth-order valence-electron chi connectivity index (χ4n) is 8.86. The molecule has 0 atom stereocenters. The van der Waals surface area contributed by atoms with Crippen molar-refractivity contribution < 1.29 is 0 Å². The maximum Gasteiger partial charge on any atom is 0.0640 e. The molecular formula is C50H31N3S. The van der Waals surface area contributed by atoms with Crippen molar-refractivity contribution in [2.24, 2.45) is 0 Å². The lowest BCUT2D eigenvalue weighted by Crippen LogP contribution is -2.02. The first-order chi connectivity index (χ1) is 26.8. The number of para-hydroxylation sites is 2. The van der Waals surface area contributed by atoms with Gasteiger partial charge in [-0.05, 0) is 95.7 Å². The van der Waals surface area contributed by atoms with Gasteiger partial charge in [0.15, 0.2) is 0 Å². The minimum absolute atomic E-state index is 1.13. The van der Waals surface area contributed by atoms with Crippen molar-refractivity contribution in [3.8, 4) is 17.1 Å². The fraction of sp³-hybridized carbons (Fsp3) is 0. The van der Waals surface area contributed by atoms with Gasteiger partial charge in [0.25, 0.3) is 0 Å². The largest absolute Gasteiger partial charge is 0.310 e. The Balaban J connectivity index is 1.22. The normalized spacial score (nSPS) is 12.1. The summed E-state index contributed by atoms with van der Waals surface area (Å²) in [6.45, 7) is 0.